The van der Waals surface area contributed by atoms with Crippen molar-refractivity contribution >= 4 is 5.97 Å². The van der Waals surface area contributed by atoms with Gasteiger partial charge in [-0.3, -0.25) is 0 Å². The van der Waals surface area contributed by atoms with Crippen molar-refractivity contribution in [2.45, 2.75) is 11.7 Å². The third-order valence-corrected chi connectivity index (χ3v) is 3.05. The average Bonchev–Trinajstić information content (AvgIpc) is 2.47. The molecule has 2 aromatic rings. The van der Waals surface area contributed by atoms with Crippen molar-refractivity contribution in [1.82, 2.24) is 0 Å². The Morgan fingerprint density at radius 2 is 1.42 bits per heavy atom. The van der Waals surface area contributed by atoms with Gasteiger partial charge in [0.05, 0.1) is 0 Å². The molecule has 0 saturated heterocycles. The maximum absolute atomic E-state index is 11.4. The summed E-state index contributed by atoms with van der Waals surface area (Å²) in [4.78, 5) is 11.4. The third kappa shape index (κ3) is 2.36. The maximum Gasteiger partial charge on any atom is 0.343 e. The summed E-state index contributed by atoms with van der Waals surface area (Å²) < 4.78 is 0. The number of aliphatic hydroxyl groups is 2. The lowest BCUT2D eigenvalue weighted by atomic mass is 9.84. The van der Waals surface area contributed by atoms with Crippen molar-refractivity contribution in [3.8, 4) is 0 Å². The molecule has 98 valence electrons. The lowest BCUT2D eigenvalue weighted by Crippen LogP contribution is -2.41. The summed E-state index contributed by atoms with van der Waals surface area (Å²) >= 11 is 0. The summed E-state index contributed by atoms with van der Waals surface area (Å²) in [6.45, 7) is 0. The van der Waals surface area contributed by atoms with Crippen molar-refractivity contribution in [2.24, 2.45) is 0 Å². The van der Waals surface area contributed by atoms with Crippen LogP contribution in [0.2, 0.25) is 0 Å². The largest absolute Gasteiger partial charge is 0.479 e. The molecule has 2 aromatic carbocycles. The molecule has 0 aromatic heterocycles. The van der Waals surface area contributed by atoms with Gasteiger partial charge in [0.1, 0.15) is 6.10 Å². The minimum Gasteiger partial charge on any atom is -0.479 e. The number of hydrogen-bond acceptors (Lipinski definition) is 3. The number of aliphatic hydroxyl groups excluding tert-OH is 1. The lowest BCUT2D eigenvalue weighted by Gasteiger charge is -2.29. The first-order valence-electron chi connectivity index (χ1n) is 5.81. The van der Waals surface area contributed by atoms with Crippen LogP contribution in [0.1, 0.15) is 17.2 Å². The van der Waals surface area contributed by atoms with E-state index in [9.17, 15) is 20.1 Å². The molecule has 2 atom stereocenters. The zero-order valence-corrected chi connectivity index (χ0v) is 10.1. The Labute approximate surface area is 110 Å². The first-order chi connectivity index (χ1) is 9.06. The Bertz CT molecular complexity index is 553. The van der Waals surface area contributed by atoms with Gasteiger partial charge in [-0.05, 0) is 11.1 Å². The van der Waals surface area contributed by atoms with Gasteiger partial charge in [-0.25, -0.2) is 4.79 Å². The average molecular weight is 258 g/mol. The van der Waals surface area contributed by atoms with E-state index in [-0.39, 0.29) is 5.56 Å². The van der Waals surface area contributed by atoms with Gasteiger partial charge in [0.2, 0.25) is 5.60 Å². The van der Waals surface area contributed by atoms with E-state index in [0.29, 0.717) is 5.56 Å². The minimum atomic E-state index is -2.37. The Kier molecular flexibility index (Phi) is 3.64. The fourth-order valence-corrected chi connectivity index (χ4v) is 1.97. The SMILES string of the molecule is O=C(O)[C@](O)(c1ccccc1)[C@@H](O)c1ccccc1. The summed E-state index contributed by atoms with van der Waals surface area (Å²) in [6.07, 6.45) is -1.55. The second-order valence-electron chi connectivity index (χ2n) is 4.25. The summed E-state index contributed by atoms with van der Waals surface area (Å²) in [5.41, 5.74) is -1.89. The molecule has 0 saturated carbocycles. The molecule has 0 fully saturated rings. The molecule has 0 spiro atoms. The highest BCUT2D eigenvalue weighted by molar-refractivity contribution is 5.80. The predicted molar refractivity (Wildman–Crippen MR) is 69.4 cm³/mol. The van der Waals surface area contributed by atoms with Crippen LogP contribution in [0, 0.1) is 0 Å². The fourth-order valence-electron chi connectivity index (χ4n) is 1.97. The topological polar surface area (TPSA) is 77.8 Å². The van der Waals surface area contributed by atoms with Crippen molar-refractivity contribution in [3.05, 3.63) is 71.8 Å². The summed E-state index contributed by atoms with van der Waals surface area (Å²) in [7, 11) is 0. The molecule has 0 radical (unpaired) electrons. The molecule has 19 heavy (non-hydrogen) atoms. The van der Waals surface area contributed by atoms with Gasteiger partial charge in [0.25, 0.3) is 0 Å². The van der Waals surface area contributed by atoms with E-state index < -0.39 is 17.7 Å². The Morgan fingerprint density at radius 1 is 0.947 bits per heavy atom. The van der Waals surface area contributed by atoms with Crippen molar-refractivity contribution < 1.29 is 20.1 Å². The maximum atomic E-state index is 11.4. The summed E-state index contributed by atoms with van der Waals surface area (Å²) in [5, 5.41) is 30.0. The summed E-state index contributed by atoms with van der Waals surface area (Å²) in [6, 6.07) is 16.1. The smallest absolute Gasteiger partial charge is 0.343 e. The number of carbonyl (C=O) groups is 1. The molecule has 0 aliphatic rings. The second kappa shape index (κ2) is 5.22. The molecular formula is C15H14O4. The fraction of sp³-hybridized carbons (Fsp3) is 0.133. The molecule has 0 aliphatic carbocycles. The van der Waals surface area contributed by atoms with Crippen LogP contribution in [-0.2, 0) is 10.4 Å². The van der Waals surface area contributed by atoms with Gasteiger partial charge in [-0.15, -0.1) is 0 Å². The highest BCUT2D eigenvalue weighted by Crippen LogP contribution is 2.35. The molecule has 0 amide bonds. The van der Waals surface area contributed by atoms with Crippen LogP contribution in [0.3, 0.4) is 0 Å². The van der Waals surface area contributed by atoms with Crippen LogP contribution in [-0.4, -0.2) is 21.3 Å². The molecule has 2 rings (SSSR count). The van der Waals surface area contributed by atoms with Gasteiger partial charge in [0.15, 0.2) is 0 Å². The van der Waals surface area contributed by atoms with Crippen LogP contribution in [0.15, 0.2) is 60.7 Å². The van der Waals surface area contributed by atoms with Gasteiger partial charge in [-0.2, -0.15) is 0 Å². The van der Waals surface area contributed by atoms with Crippen LogP contribution < -0.4 is 0 Å². The van der Waals surface area contributed by atoms with E-state index in [2.05, 4.69) is 0 Å². The van der Waals surface area contributed by atoms with E-state index in [1.165, 1.54) is 12.1 Å². The van der Waals surface area contributed by atoms with E-state index in [1.54, 1.807) is 48.5 Å². The predicted octanol–water partition coefficient (Wildman–Crippen LogP) is 1.69. The minimum absolute atomic E-state index is 0.138. The van der Waals surface area contributed by atoms with E-state index in [0.717, 1.165) is 0 Å². The normalized spacial score (nSPS) is 15.5. The first-order valence-corrected chi connectivity index (χ1v) is 5.81. The standard InChI is InChI=1S/C15H14O4/c16-13(11-7-3-1-4-8-11)15(19,14(17)18)12-9-5-2-6-10-12/h1-10,13,16,19H,(H,17,18)/t13-,15-/m0/s1. The molecule has 4 heteroatoms. The van der Waals surface area contributed by atoms with Gasteiger partial charge >= 0.3 is 5.97 Å². The molecule has 0 heterocycles. The van der Waals surface area contributed by atoms with Crippen molar-refractivity contribution in [3.63, 3.8) is 0 Å². The number of rotatable bonds is 4. The number of aliphatic carboxylic acids is 1. The lowest BCUT2D eigenvalue weighted by molar-refractivity contribution is -0.174. The number of benzene rings is 2. The molecule has 3 N–H and O–H groups in total. The summed E-state index contributed by atoms with van der Waals surface area (Å²) in [5.74, 6) is -1.49. The second-order valence-corrected chi connectivity index (χ2v) is 4.25. The van der Waals surface area contributed by atoms with Gasteiger partial charge in [0, 0.05) is 0 Å². The highest BCUT2D eigenvalue weighted by Gasteiger charge is 2.46. The van der Waals surface area contributed by atoms with Crippen LogP contribution in [0.4, 0.5) is 0 Å². The number of carboxylic acid groups (broad SMARTS) is 1. The van der Waals surface area contributed by atoms with Crippen molar-refractivity contribution in [2.75, 3.05) is 0 Å². The van der Waals surface area contributed by atoms with Crippen LogP contribution >= 0.6 is 0 Å². The monoisotopic (exact) mass is 258 g/mol. The molecule has 0 aliphatic heterocycles. The Morgan fingerprint density at radius 3 is 1.89 bits per heavy atom. The third-order valence-electron chi connectivity index (χ3n) is 3.05. The zero-order valence-electron chi connectivity index (χ0n) is 10.1. The van der Waals surface area contributed by atoms with E-state index in [4.69, 9.17) is 0 Å². The van der Waals surface area contributed by atoms with Gasteiger partial charge < -0.3 is 15.3 Å². The molecule has 0 bridgehead atoms. The quantitative estimate of drug-likeness (QED) is 0.780. The number of carboxylic acids is 1. The van der Waals surface area contributed by atoms with E-state index in [1.807, 2.05) is 0 Å². The van der Waals surface area contributed by atoms with E-state index >= 15 is 0 Å². The van der Waals surface area contributed by atoms with Crippen molar-refractivity contribution in [1.29, 1.82) is 0 Å². The van der Waals surface area contributed by atoms with Crippen LogP contribution in [0.5, 0.6) is 0 Å². The zero-order chi connectivity index (χ0) is 13.9. The molecular weight excluding hydrogens is 244 g/mol. The molecule has 4 nitrogen and oxygen atoms in total. The Hall–Kier alpha value is -2.17. The highest BCUT2D eigenvalue weighted by atomic mass is 16.4. The Balaban J connectivity index is 2.49. The number of hydrogen-bond donors (Lipinski definition) is 3. The van der Waals surface area contributed by atoms with Gasteiger partial charge in [-0.1, -0.05) is 60.7 Å². The first kappa shape index (κ1) is 13.3. The molecule has 0 unspecified atom stereocenters. The van der Waals surface area contributed by atoms with Crippen LogP contribution in [0.25, 0.3) is 0 Å².